The van der Waals surface area contributed by atoms with E-state index in [4.69, 9.17) is 22.4 Å². The molecule has 0 aromatic heterocycles. The van der Waals surface area contributed by atoms with Gasteiger partial charge in [0, 0.05) is 714 Å². The lowest BCUT2D eigenvalue weighted by Gasteiger charge is -2.00. The molecule has 0 aromatic rings. The predicted molar refractivity (Wildman–Crippen MR) is 705 cm³/mol. The third-order valence-corrected chi connectivity index (χ3v) is 202. The molecule has 92 heteroatoms. The van der Waals surface area contributed by atoms with Crippen molar-refractivity contribution < 1.29 is 0 Å². The van der Waals surface area contributed by atoms with Crippen molar-refractivity contribution in [3.05, 3.63) is 0 Å². The van der Waals surface area contributed by atoms with Gasteiger partial charge in [0.2, 0.25) is 0 Å². The third-order valence-electron chi connectivity index (χ3n) is 2.54. The van der Waals surface area contributed by atoms with E-state index >= 15 is 0 Å². The Bertz CT molecular complexity index is 1360. The van der Waals surface area contributed by atoms with Gasteiger partial charge in [-0.05, 0) is 186 Å². The number of hydrogen-bond acceptors (Lipinski definition) is 91. The van der Waals surface area contributed by atoms with Gasteiger partial charge >= 0.3 is 0 Å². The maximum atomic E-state index is 5.24. The van der Waals surface area contributed by atoms with E-state index in [9.17, 15) is 0 Å². The van der Waals surface area contributed by atoms with Crippen LogP contribution in [0.5, 0.6) is 0 Å². The van der Waals surface area contributed by atoms with Crippen LogP contribution in [0.25, 0.3) is 0 Å². The number of rotatable bonds is 88. The van der Waals surface area contributed by atoms with Crippen LogP contribution in [0.4, 0.5) is 0 Å². The van der Waals surface area contributed by atoms with Crippen LogP contribution < -0.4 is 0 Å². The second kappa shape index (κ2) is 118. The molecule has 0 rings (SSSR count). The lowest BCUT2D eigenvalue weighted by atomic mass is 12.0. The van der Waals surface area contributed by atoms with Crippen molar-refractivity contribution in [1.82, 2.24) is 0 Å². The van der Waals surface area contributed by atoms with Gasteiger partial charge in [-0.15, -0.1) is 0 Å². The summed E-state index contributed by atoms with van der Waals surface area (Å²) in [6.45, 7) is 0. The summed E-state index contributed by atoms with van der Waals surface area (Å²) in [5.41, 5.74) is 0. The Kier molecular flexibility index (Phi) is 159. The minimum atomic E-state index is -1.31. The highest BCUT2D eigenvalue weighted by Crippen LogP contribution is 2.73. The highest BCUT2D eigenvalue weighted by Gasteiger charge is 2.09. The molecule has 0 aliphatic rings. The van der Waals surface area contributed by atoms with Gasteiger partial charge in [0.05, 0.1) is 0 Å². The van der Waals surface area contributed by atoms with Crippen LogP contribution >= 0.6 is 876 Å². The van der Waals surface area contributed by atoms with Crippen LogP contribution in [0.2, 0.25) is 0 Å². The highest BCUT2D eigenvalue weighted by atomic mass is 34.1. The molecule has 0 fully saturated rings. The molecular formula is CH4S92. The average molecular weight is 2970 g/mol. The maximum Gasteiger partial charge on any atom is 0.000468 e. The summed E-state index contributed by atoms with van der Waals surface area (Å²) in [6.07, 6.45) is 0.654. The average Bonchev–Trinajstić information content (AvgIpc) is 3.59. The smallest absolute Gasteiger partial charge is 0.000468 e. The van der Waals surface area contributed by atoms with Crippen LogP contribution in [0.3, 0.4) is 0 Å². The molecule has 0 amide bonds. The normalized spacial score (nSPS) is 12.0. The molecule has 560 valence electrons. The van der Waals surface area contributed by atoms with Gasteiger partial charge < -0.3 is 0 Å². The van der Waals surface area contributed by atoms with E-state index in [-0.39, 0.29) is 0 Å². The van der Waals surface area contributed by atoms with E-state index < -0.39 is 6.18 Å². The van der Waals surface area contributed by atoms with E-state index in [1.165, 1.54) is 9.83 Å². The summed E-state index contributed by atoms with van der Waals surface area (Å²) in [7, 11) is 160. The molecule has 0 nitrogen and oxygen atoms in total. The topological polar surface area (TPSA) is 0 Å². The molecular weight excluding hydrogens is 2960 g/mol. The highest BCUT2D eigenvalue weighted by molar-refractivity contribution is 9.67. The molecule has 0 spiro atoms. The molecule has 0 aromatic carbocycles. The van der Waals surface area contributed by atoms with Crippen molar-refractivity contribution in [1.29, 1.82) is 0 Å². The molecule has 0 unspecified atom stereocenters. The molecule has 0 radical (unpaired) electrons. The Morgan fingerprint density at radius 3 is 0.258 bits per heavy atom. The van der Waals surface area contributed by atoms with Gasteiger partial charge in [-0.3, -0.25) is 0 Å². The summed E-state index contributed by atoms with van der Waals surface area (Å²) in [6, 6.07) is 0. The summed E-state index contributed by atoms with van der Waals surface area (Å²) < 4.78 is 0. The first-order valence-electron chi connectivity index (χ1n) is 15.6. The monoisotopic (exact) mass is 2960 g/mol. The van der Waals surface area contributed by atoms with Crippen LogP contribution in [0.1, 0.15) is 0 Å². The fourth-order valence-electron chi connectivity index (χ4n) is 1.03. The summed E-state index contributed by atoms with van der Waals surface area (Å²) >= 11 is 14.6. The van der Waals surface area contributed by atoms with Gasteiger partial charge in [-0.1, -0.05) is 11.7 Å². The van der Waals surface area contributed by atoms with Gasteiger partial charge in [0.15, 0.2) is 0 Å². The number of thiol groups is 1. The fourth-order valence-corrected chi connectivity index (χ4v) is 245. The zero-order valence-corrected chi connectivity index (χ0v) is 114. The fraction of sp³-hybridized carbons (Fsp3) is 1.00. The Balaban J connectivity index is 3.09. The summed E-state index contributed by atoms with van der Waals surface area (Å²) in [5.74, 6) is 0. The van der Waals surface area contributed by atoms with Gasteiger partial charge in [-0.2, -0.15) is 0 Å². The van der Waals surface area contributed by atoms with Crippen LogP contribution in [0, 0.1) is 0 Å². The first-order chi connectivity index (χ1) is 46.1. The molecule has 0 aliphatic carbocycles. The van der Waals surface area contributed by atoms with Crippen molar-refractivity contribution in [3.63, 3.8) is 0 Å². The minimum Gasteiger partial charge on any atom is -0.0988 e. The summed E-state index contributed by atoms with van der Waals surface area (Å²) in [4.78, 5) is 0. The molecule has 0 aliphatic heterocycles. The Morgan fingerprint density at radius 1 is 0.129 bits per heavy atom. The molecule has 0 heterocycles. The van der Waals surface area contributed by atoms with E-state index in [0.29, 0.717) is 0 Å². The lowest BCUT2D eigenvalue weighted by Crippen LogP contribution is -1.75. The molecule has 0 saturated carbocycles. The quantitative estimate of drug-likeness (QED) is 0.0349. The molecule has 0 atom stereocenters. The van der Waals surface area contributed by atoms with Crippen LogP contribution in [-0.2, 0) is 28.6 Å². The van der Waals surface area contributed by atoms with E-state index in [1.54, 1.807) is 128 Å². The Labute approximate surface area is 885 Å². The van der Waals surface area contributed by atoms with Crippen molar-refractivity contribution in [2.24, 2.45) is 0 Å². The molecule has 0 saturated heterocycles. The second-order valence-corrected chi connectivity index (χ2v) is 172. The molecule has 0 bridgehead atoms. The Hall–Kier alpha value is 31.9. The Morgan fingerprint density at radius 2 is 0.194 bits per heavy atom. The molecule has 93 heavy (non-hydrogen) atoms. The predicted octanol–water partition coefficient (Wildman–Crippen LogP) is 57.6. The first kappa shape index (κ1) is 125. The van der Waals surface area contributed by atoms with Crippen LogP contribution in [0.15, 0.2) is 0 Å². The van der Waals surface area contributed by atoms with E-state index in [0.717, 1.165) is 0 Å². The van der Waals surface area contributed by atoms with Gasteiger partial charge in [-0.25, -0.2) is 0 Å². The molecule has 0 N–H and O–H groups in total. The maximum absolute atomic E-state index is 5.24. The van der Waals surface area contributed by atoms with Crippen molar-refractivity contribution in [2.75, 3.05) is 6.26 Å². The third kappa shape index (κ3) is 124. The minimum absolute atomic E-state index is 1.31. The van der Waals surface area contributed by atoms with Crippen molar-refractivity contribution >= 4 is 905 Å². The van der Waals surface area contributed by atoms with E-state index in [1.807, 2.05) is 733 Å². The zero-order valence-electron chi connectivity index (χ0n) is 38.6. The van der Waals surface area contributed by atoms with E-state index in [2.05, 4.69) is 11.7 Å². The second-order valence-electron chi connectivity index (χ2n) is 6.70. The van der Waals surface area contributed by atoms with Gasteiger partial charge in [0.25, 0.3) is 0 Å². The SMILES string of the molecule is CS(=S)(=S)SSSSSSSSSSSSSSSSSSSSSSSSSSSSSSSSSSSSSSSSSSSSSSSSSSSSSSSSSSSSSSSSSSSSSSSSSSSSSSSSSSSSSSSSS. The largest absolute Gasteiger partial charge is 0.0988 e. The summed E-state index contributed by atoms with van der Waals surface area (Å²) in [5, 5.41) is 0. The number of hydrogen-bond donors (Lipinski definition) is 1. The van der Waals surface area contributed by atoms with Crippen molar-refractivity contribution in [3.8, 4) is 0 Å². The first-order valence-corrected chi connectivity index (χ1v) is 138. The van der Waals surface area contributed by atoms with Crippen LogP contribution in [-0.4, -0.2) is 6.26 Å². The zero-order chi connectivity index (χ0) is 66.7. The lowest BCUT2D eigenvalue weighted by molar-refractivity contribution is 2.53. The van der Waals surface area contributed by atoms with Crippen molar-refractivity contribution in [2.45, 2.75) is 0 Å². The van der Waals surface area contributed by atoms with Gasteiger partial charge in [0.1, 0.15) is 0 Å². The standard InChI is InChI=1S/CH4S92/c1-93(3,4)92-91-90-89-88-87-86-85-84-83-82-81-80-79-78-77-76-75-74-73-72-71-70-69-68-67-66-65-64-63-62-61-60-59-58-57-56-55-54-53-52-51-50-49-48-47-46-45-44-43-42-41-40-39-38-37-36-35-34-33-32-31-30-29-28-27-26-25-24-23-22-21-20-19-18-17-16-15-14-13-12-11-10-9-8-7-6-5-2/h2H,1H3.